The number of anilines is 1. The van der Waals surface area contributed by atoms with Crippen molar-refractivity contribution in [3.05, 3.63) is 89.2 Å². The van der Waals surface area contributed by atoms with Gasteiger partial charge in [0.15, 0.2) is 0 Å². The van der Waals surface area contributed by atoms with Gasteiger partial charge in [0, 0.05) is 18.3 Å². The van der Waals surface area contributed by atoms with E-state index in [2.05, 4.69) is 4.72 Å². The third-order valence-electron chi connectivity index (χ3n) is 4.38. The molecule has 162 valence electrons. The summed E-state index contributed by atoms with van der Waals surface area (Å²) in [6, 6.07) is 17.6. The van der Waals surface area contributed by atoms with Gasteiger partial charge in [-0.1, -0.05) is 23.7 Å². The van der Waals surface area contributed by atoms with E-state index < -0.39 is 15.8 Å². The summed E-state index contributed by atoms with van der Waals surface area (Å²) in [4.78, 5) is 14.0. The second kappa shape index (κ2) is 9.80. The van der Waals surface area contributed by atoms with Crippen molar-refractivity contribution in [1.29, 1.82) is 0 Å². The molecule has 3 aromatic rings. The summed E-state index contributed by atoms with van der Waals surface area (Å²) in [5.41, 5.74) is 0.676. The van der Waals surface area contributed by atoms with E-state index in [1.807, 2.05) is 6.07 Å². The first kappa shape index (κ1) is 22.6. The number of amides is 1. The minimum atomic E-state index is -3.86. The third kappa shape index (κ3) is 5.96. The van der Waals surface area contributed by atoms with E-state index in [-0.39, 0.29) is 23.1 Å². The molecule has 0 heterocycles. The minimum absolute atomic E-state index is 0.0627. The van der Waals surface area contributed by atoms with Gasteiger partial charge in [-0.25, -0.2) is 12.8 Å². The van der Waals surface area contributed by atoms with Crippen molar-refractivity contribution in [2.24, 2.45) is 0 Å². The predicted molar refractivity (Wildman–Crippen MR) is 118 cm³/mol. The average molecular weight is 463 g/mol. The SMILES string of the molecule is CN(CCOc1ccccc1Cl)C(=O)c1ccc(NS(=O)(=O)c2ccc(F)cc2)cc1. The van der Waals surface area contributed by atoms with E-state index in [4.69, 9.17) is 16.3 Å². The molecule has 0 atom stereocenters. The molecule has 0 bridgehead atoms. The number of carbonyl (C=O) groups excluding carboxylic acids is 1. The molecule has 31 heavy (non-hydrogen) atoms. The number of nitrogens with zero attached hydrogens (tertiary/aromatic N) is 1. The maximum absolute atomic E-state index is 13.0. The van der Waals surface area contributed by atoms with Gasteiger partial charge in [-0.05, 0) is 60.7 Å². The molecule has 3 aromatic carbocycles. The second-order valence-electron chi connectivity index (χ2n) is 6.64. The van der Waals surface area contributed by atoms with Gasteiger partial charge in [0.05, 0.1) is 16.5 Å². The molecule has 0 saturated carbocycles. The van der Waals surface area contributed by atoms with Gasteiger partial charge in [0.25, 0.3) is 15.9 Å². The van der Waals surface area contributed by atoms with Crippen molar-refractivity contribution in [1.82, 2.24) is 4.90 Å². The van der Waals surface area contributed by atoms with Gasteiger partial charge in [0.2, 0.25) is 0 Å². The fraction of sp³-hybridized carbons (Fsp3) is 0.136. The minimum Gasteiger partial charge on any atom is -0.490 e. The Kier molecular flexibility index (Phi) is 7.14. The van der Waals surface area contributed by atoms with Crippen LogP contribution >= 0.6 is 11.6 Å². The Morgan fingerprint density at radius 3 is 2.32 bits per heavy atom. The molecule has 3 rings (SSSR count). The molecule has 1 amide bonds. The Labute approximate surface area is 185 Å². The zero-order valence-corrected chi connectivity index (χ0v) is 18.2. The summed E-state index contributed by atoms with van der Waals surface area (Å²) in [6.45, 7) is 0.602. The van der Waals surface area contributed by atoms with Crippen molar-refractivity contribution in [3.63, 3.8) is 0 Å². The first-order chi connectivity index (χ1) is 14.8. The number of para-hydroxylation sites is 1. The molecule has 0 aliphatic carbocycles. The first-order valence-corrected chi connectivity index (χ1v) is 11.1. The molecule has 0 fully saturated rings. The quantitative estimate of drug-likeness (QED) is 0.537. The van der Waals surface area contributed by atoms with Crippen LogP contribution in [0.5, 0.6) is 5.75 Å². The molecule has 9 heteroatoms. The van der Waals surface area contributed by atoms with Crippen LogP contribution in [-0.4, -0.2) is 39.4 Å². The number of likely N-dealkylation sites (N-methyl/N-ethyl adjacent to an activating group) is 1. The zero-order chi connectivity index (χ0) is 22.4. The molecule has 0 aromatic heterocycles. The van der Waals surface area contributed by atoms with Crippen molar-refractivity contribution in [3.8, 4) is 5.75 Å². The van der Waals surface area contributed by atoms with Gasteiger partial charge in [-0.3, -0.25) is 9.52 Å². The highest BCUT2D eigenvalue weighted by Crippen LogP contribution is 2.23. The Hall–Kier alpha value is -3.10. The van der Waals surface area contributed by atoms with Gasteiger partial charge in [-0.15, -0.1) is 0 Å². The summed E-state index contributed by atoms with van der Waals surface area (Å²) >= 11 is 6.03. The lowest BCUT2D eigenvalue weighted by molar-refractivity contribution is 0.0774. The molecule has 0 saturated heterocycles. The van der Waals surface area contributed by atoms with Crippen LogP contribution in [0.4, 0.5) is 10.1 Å². The predicted octanol–water partition coefficient (Wildman–Crippen LogP) is 4.43. The summed E-state index contributed by atoms with van der Waals surface area (Å²) < 4.78 is 45.7. The van der Waals surface area contributed by atoms with Crippen LogP contribution in [0.1, 0.15) is 10.4 Å². The zero-order valence-electron chi connectivity index (χ0n) is 16.6. The molecule has 0 radical (unpaired) electrons. The van der Waals surface area contributed by atoms with Crippen molar-refractivity contribution >= 4 is 33.2 Å². The number of sulfonamides is 1. The summed E-state index contributed by atoms with van der Waals surface area (Å²) in [5.74, 6) is -0.221. The number of nitrogens with one attached hydrogen (secondary N) is 1. The fourth-order valence-corrected chi connectivity index (χ4v) is 3.93. The maximum Gasteiger partial charge on any atom is 0.261 e. The molecule has 1 N–H and O–H groups in total. The Balaban J connectivity index is 1.58. The molecular formula is C22H20ClFN2O4S. The van der Waals surface area contributed by atoms with E-state index in [0.29, 0.717) is 22.9 Å². The van der Waals surface area contributed by atoms with Crippen LogP contribution in [0.25, 0.3) is 0 Å². The van der Waals surface area contributed by atoms with Crippen LogP contribution in [0.15, 0.2) is 77.7 Å². The van der Waals surface area contributed by atoms with Crippen molar-refractivity contribution < 1.29 is 22.3 Å². The molecule has 0 spiro atoms. The summed E-state index contributed by atoms with van der Waals surface area (Å²) in [6.07, 6.45) is 0. The smallest absolute Gasteiger partial charge is 0.261 e. The van der Waals surface area contributed by atoms with E-state index in [9.17, 15) is 17.6 Å². The third-order valence-corrected chi connectivity index (χ3v) is 6.09. The van der Waals surface area contributed by atoms with Crippen LogP contribution in [-0.2, 0) is 10.0 Å². The van der Waals surface area contributed by atoms with Crippen molar-refractivity contribution in [2.45, 2.75) is 4.90 Å². The molecule has 0 aliphatic heterocycles. The highest BCUT2D eigenvalue weighted by Gasteiger charge is 2.16. The highest BCUT2D eigenvalue weighted by atomic mass is 35.5. The summed E-state index contributed by atoms with van der Waals surface area (Å²) in [5, 5.41) is 0.496. The van der Waals surface area contributed by atoms with E-state index in [1.165, 1.54) is 41.3 Å². The number of benzene rings is 3. The number of rotatable bonds is 8. The molecular weight excluding hydrogens is 443 g/mol. The van der Waals surface area contributed by atoms with E-state index >= 15 is 0 Å². The Bertz CT molecular complexity index is 1150. The van der Waals surface area contributed by atoms with Gasteiger partial charge < -0.3 is 9.64 Å². The van der Waals surface area contributed by atoms with Crippen LogP contribution in [0.2, 0.25) is 5.02 Å². The fourth-order valence-electron chi connectivity index (χ4n) is 2.68. The normalized spacial score (nSPS) is 11.1. The topological polar surface area (TPSA) is 75.7 Å². The number of hydrogen-bond donors (Lipinski definition) is 1. The first-order valence-electron chi connectivity index (χ1n) is 9.27. The lowest BCUT2D eigenvalue weighted by atomic mass is 10.2. The monoisotopic (exact) mass is 462 g/mol. The Morgan fingerprint density at radius 1 is 1.03 bits per heavy atom. The lowest BCUT2D eigenvalue weighted by Gasteiger charge is -2.18. The number of ether oxygens (including phenoxy) is 1. The Morgan fingerprint density at radius 2 is 1.68 bits per heavy atom. The maximum atomic E-state index is 13.0. The average Bonchev–Trinajstić information content (AvgIpc) is 2.75. The second-order valence-corrected chi connectivity index (χ2v) is 8.73. The van der Waals surface area contributed by atoms with Crippen molar-refractivity contribution in [2.75, 3.05) is 24.9 Å². The number of carbonyl (C=O) groups is 1. The number of halogens is 2. The van der Waals surface area contributed by atoms with Crippen LogP contribution in [0.3, 0.4) is 0 Å². The lowest BCUT2D eigenvalue weighted by Crippen LogP contribution is -2.30. The van der Waals surface area contributed by atoms with E-state index in [0.717, 1.165) is 12.1 Å². The molecule has 0 aliphatic rings. The standard InChI is InChI=1S/C22H20ClFN2O4S/c1-26(14-15-30-21-5-3-2-4-20(21)23)22(27)16-6-10-18(11-7-16)25-31(28,29)19-12-8-17(24)9-13-19/h2-13,25H,14-15H2,1H3. The van der Waals surface area contributed by atoms with Gasteiger partial charge in [0.1, 0.15) is 18.2 Å². The number of hydrogen-bond acceptors (Lipinski definition) is 4. The van der Waals surface area contributed by atoms with Gasteiger partial charge in [-0.2, -0.15) is 0 Å². The highest BCUT2D eigenvalue weighted by molar-refractivity contribution is 7.92. The van der Waals surface area contributed by atoms with Crippen LogP contribution in [0, 0.1) is 5.82 Å². The summed E-state index contributed by atoms with van der Waals surface area (Å²) in [7, 11) is -2.22. The largest absolute Gasteiger partial charge is 0.490 e. The molecule has 6 nitrogen and oxygen atoms in total. The molecule has 0 unspecified atom stereocenters. The van der Waals surface area contributed by atoms with Crippen LogP contribution < -0.4 is 9.46 Å². The van der Waals surface area contributed by atoms with Gasteiger partial charge >= 0.3 is 0 Å². The van der Waals surface area contributed by atoms with E-state index in [1.54, 1.807) is 25.2 Å².